The molecule has 5 nitrogen and oxygen atoms in total. The Hall–Kier alpha value is -6.96. The van der Waals surface area contributed by atoms with Crippen molar-refractivity contribution in [3.05, 3.63) is 220 Å². The zero-order valence-corrected chi connectivity index (χ0v) is 36.7. The topological polar surface area (TPSA) is 77.5 Å². The molecular weight excluding hydrogens is 887 g/mol. The highest BCUT2D eigenvalue weighted by Crippen LogP contribution is 2.43. The Morgan fingerprint density at radius 2 is 0.905 bits per heavy atom. The lowest BCUT2D eigenvalue weighted by Gasteiger charge is -2.08. The molecule has 0 saturated heterocycles. The molecule has 63 heavy (non-hydrogen) atoms. The van der Waals surface area contributed by atoms with Crippen LogP contribution in [0.4, 0.5) is 17.1 Å². The van der Waals surface area contributed by atoms with Crippen LogP contribution in [-0.2, 0) is 6.42 Å². The smallest absolute Gasteiger partial charge is 0.158 e. The molecule has 1 aliphatic carbocycles. The summed E-state index contributed by atoms with van der Waals surface area (Å²) >= 11 is 15.3. The molecule has 12 aromatic rings. The van der Waals surface area contributed by atoms with Crippen LogP contribution in [0.3, 0.4) is 0 Å². The monoisotopic (exact) mass is 922 g/mol. The summed E-state index contributed by atoms with van der Waals surface area (Å²) in [5, 5.41) is 11.6. The van der Waals surface area contributed by atoms with Crippen molar-refractivity contribution < 1.29 is 13.3 Å². The summed E-state index contributed by atoms with van der Waals surface area (Å²) in [4.78, 5) is 0. The number of fused-ring (bicyclic) bond motifs is 13. The molecule has 3 heterocycles. The predicted octanol–water partition coefficient (Wildman–Crippen LogP) is 17.4. The summed E-state index contributed by atoms with van der Waals surface area (Å²) in [6.45, 7) is 0. The van der Waals surface area contributed by atoms with Crippen LogP contribution in [0, 0.1) is 0 Å². The second kappa shape index (κ2) is 17.4. The second-order valence-electron chi connectivity index (χ2n) is 15.0. The standard InChI is InChI=1S/C19H12O.C18H12ClNO.C12H7BrO.C6H6ClN/c1-2-6-13-12(5-1)11-17-14(13)9-10-16-15-7-3-4-8-18(15)20-19(16)17;19-14-8-2-3-9-15(14)20-16-10-5-7-13-12-6-1-4-11-17(12)21-18(13)16;13-10-6-3-5-9-8-4-1-2-7-11(8)14-12(9)10;7-5-3-1-2-4-6(5)8/h1-10H,11H2;1-11,20H;1-7H;1-4H,8H2. The van der Waals surface area contributed by atoms with Gasteiger partial charge in [-0.25, -0.2) is 0 Å². The molecule has 306 valence electrons. The van der Waals surface area contributed by atoms with E-state index in [1.54, 1.807) is 12.1 Å². The fraction of sp³-hybridized carbons (Fsp3) is 0.0182. The van der Waals surface area contributed by atoms with E-state index in [-0.39, 0.29) is 0 Å². The lowest BCUT2D eigenvalue weighted by atomic mass is 10.0. The van der Waals surface area contributed by atoms with Crippen LogP contribution in [0.15, 0.2) is 212 Å². The molecule has 0 amide bonds. The summed E-state index contributed by atoms with van der Waals surface area (Å²) in [7, 11) is 0. The van der Waals surface area contributed by atoms with Crippen molar-refractivity contribution >= 4 is 122 Å². The first-order valence-corrected chi connectivity index (χ1v) is 21.9. The van der Waals surface area contributed by atoms with Crippen molar-refractivity contribution in [1.29, 1.82) is 0 Å². The first-order valence-electron chi connectivity index (χ1n) is 20.4. The van der Waals surface area contributed by atoms with Crippen molar-refractivity contribution in [3.8, 4) is 11.1 Å². The lowest BCUT2D eigenvalue weighted by molar-refractivity contribution is 0.665. The summed E-state index contributed by atoms with van der Waals surface area (Å²) in [5.74, 6) is 0. The number of rotatable bonds is 2. The minimum atomic E-state index is 0.618. The highest BCUT2D eigenvalue weighted by atomic mass is 79.9. The molecule has 0 aliphatic heterocycles. The molecule has 0 atom stereocenters. The van der Waals surface area contributed by atoms with Gasteiger partial charge >= 0.3 is 0 Å². The molecule has 0 saturated carbocycles. The SMILES string of the molecule is Brc1cccc2c1oc1ccccc12.Clc1ccccc1Nc1cccc2c1oc1ccccc12.Nc1ccccc1Cl.c1ccc2c(c1)Cc1c-2ccc2c1oc1ccccc12. The molecule has 3 aromatic heterocycles. The van der Waals surface area contributed by atoms with E-state index < -0.39 is 0 Å². The van der Waals surface area contributed by atoms with Gasteiger partial charge in [0.1, 0.15) is 27.9 Å². The third kappa shape index (κ3) is 7.90. The van der Waals surface area contributed by atoms with Crippen LogP contribution in [0.25, 0.3) is 76.9 Å². The van der Waals surface area contributed by atoms with Crippen molar-refractivity contribution in [2.24, 2.45) is 0 Å². The normalized spacial score (nSPS) is 11.4. The van der Waals surface area contributed by atoms with E-state index in [2.05, 4.69) is 94.0 Å². The minimum Gasteiger partial charge on any atom is -0.456 e. The summed E-state index contributed by atoms with van der Waals surface area (Å²) in [6.07, 6.45) is 0.975. The molecule has 0 spiro atoms. The summed E-state index contributed by atoms with van der Waals surface area (Å²) < 4.78 is 18.9. The molecule has 9 aromatic carbocycles. The van der Waals surface area contributed by atoms with Crippen LogP contribution in [0.1, 0.15) is 11.1 Å². The average Bonchev–Trinajstić information content (AvgIpc) is 4.10. The number of nitrogen functional groups attached to an aromatic ring is 1. The van der Waals surface area contributed by atoms with E-state index in [0.29, 0.717) is 15.7 Å². The van der Waals surface area contributed by atoms with Gasteiger partial charge in [-0.2, -0.15) is 0 Å². The van der Waals surface area contributed by atoms with Gasteiger partial charge in [-0.3, -0.25) is 0 Å². The van der Waals surface area contributed by atoms with Gasteiger partial charge < -0.3 is 24.3 Å². The minimum absolute atomic E-state index is 0.618. The number of nitrogens with two attached hydrogens (primary N) is 1. The van der Waals surface area contributed by atoms with Crippen molar-refractivity contribution in [2.45, 2.75) is 6.42 Å². The zero-order chi connectivity index (χ0) is 42.9. The van der Waals surface area contributed by atoms with E-state index in [4.69, 9.17) is 42.2 Å². The second-order valence-corrected chi connectivity index (χ2v) is 16.7. The van der Waals surface area contributed by atoms with E-state index in [9.17, 15) is 0 Å². The number of hydrogen-bond acceptors (Lipinski definition) is 5. The van der Waals surface area contributed by atoms with Crippen LogP contribution in [-0.4, -0.2) is 0 Å². The van der Waals surface area contributed by atoms with E-state index >= 15 is 0 Å². The van der Waals surface area contributed by atoms with Crippen molar-refractivity contribution in [1.82, 2.24) is 0 Å². The number of nitrogens with one attached hydrogen (secondary N) is 1. The van der Waals surface area contributed by atoms with Gasteiger partial charge in [0, 0.05) is 44.3 Å². The van der Waals surface area contributed by atoms with Gasteiger partial charge in [-0.1, -0.05) is 157 Å². The van der Waals surface area contributed by atoms with Gasteiger partial charge in [0.2, 0.25) is 0 Å². The number of para-hydroxylation sites is 7. The Bertz CT molecular complexity index is 3590. The summed E-state index contributed by atoms with van der Waals surface area (Å²) in [5.41, 5.74) is 18.8. The molecule has 3 N–H and O–H groups in total. The summed E-state index contributed by atoms with van der Waals surface area (Å²) in [6, 6.07) is 64.5. The maximum Gasteiger partial charge on any atom is 0.158 e. The molecule has 8 heteroatoms. The van der Waals surface area contributed by atoms with Gasteiger partial charge in [-0.05, 0) is 93.3 Å². The Morgan fingerprint density at radius 3 is 1.56 bits per heavy atom. The lowest BCUT2D eigenvalue weighted by Crippen LogP contribution is -1.91. The largest absolute Gasteiger partial charge is 0.456 e. The van der Waals surface area contributed by atoms with Crippen LogP contribution < -0.4 is 11.1 Å². The average molecular weight is 925 g/mol. The van der Waals surface area contributed by atoms with Gasteiger partial charge in [0.15, 0.2) is 5.58 Å². The number of halogens is 3. The molecule has 0 radical (unpaired) electrons. The van der Waals surface area contributed by atoms with E-state index in [1.165, 1.54) is 38.4 Å². The van der Waals surface area contributed by atoms with Crippen molar-refractivity contribution in [2.75, 3.05) is 11.1 Å². The van der Waals surface area contributed by atoms with E-state index in [0.717, 1.165) is 71.9 Å². The quantitative estimate of drug-likeness (QED) is 0.169. The van der Waals surface area contributed by atoms with Crippen LogP contribution >= 0.6 is 39.1 Å². The Labute approximate surface area is 381 Å². The predicted molar refractivity (Wildman–Crippen MR) is 268 cm³/mol. The fourth-order valence-electron chi connectivity index (χ4n) is 8.14. The Kier molecular flexibility index (Phi) is 11.1. The Morgan fingerprint density at radius 1 is 0.413 bits per heavy atom. The number of furan rings is 3. The number of hydrogen-bond donors (Lipinski definition) is 2. The van der Waals surface area contributed by atoms with Gasteiger partial charge in [-0.15, -0.1) is 0 Å². The third-order valence-corrected chi connectivity index (χ3v) is 12.4. The maximum absolute atomic E-state index is 6.21. The molecule has 13 rings (SSSR count). The first kappa shape index (κ1) is 40.1. The fourth-order valence-corrected chi connectivity index (χ4v) is 8.91. The highest BCUT2D eigenvalue weighted by Gasteiger charge is 2.23. The van der Waals surface area contributed by atoms with Gasteiger partial charge in [0.05, 0.1) is 31.6 Å². The maximum atomic E-state index is 6.21. The van der Waals surface area contributed by atoms with Crippen molar-refractivity contribution in [3.63, 3.8) is 0 Å². The Balaban J connectivity index is 0.000000105. The van der Waals surface area contributed by atoms with Crippen LogP contribution in [0.5, 0.6) is 0 Å². The molecular formula is C55H37BrCl2N2O3. The number of benzene rings is 9. The third-order valence-electron chi connectivity index (χ3n) is 11.1. The molecule has 0 bridgehead atoms. The van der Waals surface area contributed by atoms with E-state index in [1.807, 2.05) is 109 Å². The molecule has 0 unspecified atom stereocenters. The first-order chi connectivity index (χ1) is 30.9. The van der Waals surface area contributed by atoms with Crippen LogP contribution in [0.2, 0.25) is 10.0 Å². The molecule has 1 aliphatic rings. The molecule has 0 fully saturated rings. The highest BCUT2D eigenvalue weighted by molar-refractivity contribution is 9.10. The number of anilines is 3. The van der Waals surface area contributed by atoms with Gasteiger partial charge in [0.25, 0.3) is 0 Å². The zero-order valence-electron chi connectivity index (χ0n) is 33.6.